The summed E-state index contributed by atoms with van der Waals surface area (Å²) in [6, 6.07) is 13.7. The summed E-state index contributed by atoms with van der Waals surface area (Å²) in [6.07, 6.45) is 1.29. The standard InChI is InChI=1S/C31H38ClN5O5S/c1-22-4-7-27(16-30(22)32)37(31(39)42-28-10-14-35(15-11-28)23(2)38)13-3-12-34-18-25-20-36(21-26(25)19-34)43(40,41)29-8-5-24(17-33)6-9-29/h4-9,16,25-26,28H,3,10-15,18-21H2,1-2H3. The van der Waals surface area contributed by atoms with Crippen molar-refractivity contribution in [1.29, 1.82) is 5.26 Å². The number of ether oxygens (including phenoxy) is 1. The molecule has 2 aromatic rings. The Hall–Kier alpha value is -3.17. The molecule has 3 aliphatic rings. The van der Waals surface area contributed by atoms with Crippen molar-refractivity contribution in [2.45, 2.75) is 44.1 Å². The molecule has 0 saturated carbocycles. The summed E-state index contributed by atoms with van der Waals surface area (Å²) < 4.78 is 33.8. The van der Waals surface area contributed by atoms with Crippen molar-refractivity contribution in [3.8, 4) is 6.07 Å². The van der Waals surface area contributed by atoms with E-state index < -0.39 is 16.1 Å². The first-order valence-corrected chi connectivity index (χ1v) is 16.6. The summed E-state index contributed by atoms with van der Waals surface area (Å²) in [5.41, 5.74) is 2.04. The van der Waals surface area contributed by atoms with Gasteiger partial charge in [0.25, 0.3) is 0 Å². The van der Waals surface area contributed by atoms with Crippen molar-refractivity contribution in [1.82, 2.24) is 14.1 Å². The Balaban J connectivity index is 1.15. The number of sulfonamides is 1. The molecule has 3 aliphatic heterocycles. The van der Waals surface area contributed by atoms with Gasteiger partial charge in [0.05, 0.1) is 16.5 Å². The molecule has 0 spiro atoms. The first-order chi connectivity index (χ1) is 20.5. The number of amides is 2. The number of carbonyl (C=O) groups excluding carboxylic acids is 2. The van der Waals surface area contributed by atoms with Crippen LogP contribution in [0.3, 0.4) is 0 Å². The van der Waals surface area contributed by atoms with E-state index >= 15 is 0 Å². The molecule has 43 heavy (non-hydrogen) atoms. The molecule has 10 nitrogen and oxygen atoms in total. The minimum atomic E-state index is -3.60. The number of carbonyl (C=O) groups is 2. The summed E-state index contributed by atoms with van der Waals surface area (Å²) >= 11 is 6.40. The van der Waals surface area contributed by atoms with Crippen molar-refractivity contribution in [3.05, 3.63) is 58.6 Å². The van der Waals surface area contributed by atoms with Gasteiger partial charge in [-0.05, 0) is 73.7 Å². The van der Waals surface area contributed by atoms with Crippen molar-refractivity contribution in [2.75, 3.05) is 57.3 Å². The van der Waals surface area contributed by atoms with Crippen LogP contribution in [-0.4, -0.2) is 93.0 Å². The third-order valence-electron chi connectivity index (χ3n) is 8.85. The van der Waals surface area contributed by atoms with Crippen LogP contribution in [0, 0.1) is 30.1 Å². The van der Waals surface area contributed by atoms with Crippen molar-refractivity contribution >= 4 is 39.3 Å². The fourth-order valence-corrected chi connectivity index (χ4v) is 8.03. The first kappa shape index (κ1) is 31.3. The number of nitriles is 1. The van der Waals surface area contributed by atoms with E-state index in [2.05, 4.69) is 4.90 Å². The number of likely N-dealkylation sites (tertiary alicyclic amines) is 2. The second kappa shape index (κ2) is 13.2. The molecule has 2 unspecified atom stereocenters. The molecule has 5 rings (SSSR count). The van der Waals surface area contributed by atoms with E-state index in [9.17, 15) is 18.0 Å². The molecule has 2 amide bonds. The highest BCUT2D eigenvalue weighted by molar-refractivity contribution is 7.89. The van der Waals surface area contributed by atoms with E-state index in [1.165, 1.54) is 24.3 Å². The second-order valence-corrected chi connectivity index (χ2v) is 14.1. The summed E-state index contributed by atoms with van der Waals surface area (Å²) in [7, 11) is -3.60. The molecule has 2 aromatic carbocycles. The summed E-state index contributed by atoms with van der Waals surface area (Å²) in [5.74, 6) is 0.546. The molecule has 0 aromatic heterocycles. The smallest absolute Gasteiger partial charge is 0.414 e. The summed E-state index contributed by atoms with van der Waals surface area (Å²) in [5, 5.41) is 9.59. The Labute approximate surface area is 258 Å². The number of piperidine rings is 1. The fourth-order valence-electron chi connectivity index (χ4n) is 6.30. The van der Waals surface area contributed by atoms with E-state index in [0.717, 1.165) is 31.6 Å². The zero-order valence-corrected chi connectivity index (χ0v) is 26.2. The number of nitrogens with zero attached hydrogens (tertiary/aromatic N) is 5. The largest absolute Gasteiger partial charge is 0.446 e. The molecule has 0 aliphatic carbocycles. The number of anilines is 1. The quantitative estimate of drug-likeness (QED) is 0.433. The number of hydrogen-bond donors (Lipinski definition) is 0. The highest BCUT2D eigenvalue weighted by atomic mass is 35.5. The van der Waals surface area contributed by atoms with Crippen LogP contribution < -0.4 is 4.90 Å². The SMILES string of the molecule is CC(=O)N1CCC(OC(=O)N(CCCN2CC3CN(S(=O)(=O)c4ccc(C#N)cc4)CC3C2)c2ccc(C)c(Cl)c2)CC1. The van der Waals surface area contributed by atoms with Gasteiger partial charge in [0.15, 0.2) is 0 Å². The lowest BCUT2D eigenvalue weighted by Gasteiger charge is -2.32. The van der Waals surface area contributed by atoms with Gasteiger partial charge in [-0.15, -0.1) is 0 Å². The zero-order valence-electron chi connectivity index (χ0n) is 24.6. The van der Waals surface area contributed by atoms with Gasteiger partial charge < -0.3 is 14.5 Å². The van der Waals surface area contributed by atoms with Gasteiger partial charge in [0, 0.05) is 76.3 Å². The predicted molar refractivity (Wildman–Crippen MR) is 163 cm³/mol. The zero-order chi connectivity index (χ0) is 30.7. The van der Waals surface area contributed by atoms with Crippen LogP contribution in [0.15, 0.2) is 47.4 Å². The van der Waals surface area contributed by atoms with Crippen LogP contribution in [0.2, 0.25) is 5.02 Å². The average molecular weight is 628 g/mol. The molecule has 3 fully saturated rings. The molecule has 12 heteroatoms. The van der Waals surface area contributed by atoms with Gasteiger partial charge in [-0.25, -0.2) is 13.2 Å². The molecule has 0 radical (unpaired) electrons. The lowest BCUT2D eigenvalue weighted by atomic mass is 10.0. The van der Waals surface area contributed by atoms with Crippen LogP contribution >= 0.6 is 11.6 Å². The van der Waals surface area contributed by atoms with E-state index in [1.54, 1.807) is 27.1 Å². The molecular weight excluding hydrogens is 590 g/mol. The lowest BCUT2D eigenvalue weighted by molar-refractivity contribution is -0.130. The Kier molecular flexibility index (Phi) is 9.61. The molecule has 0 bridgehead atoms. The maximum atomic E-state index is 13.4. The molecule has 230 valence electrons. The van der Waals surface area contributed by atoms with E-state index in [1.807, 2.05) is 25.1 Å². The number of aryl methyl sites for hydroxylation is 1. The first-order valence-electron chi connectivity index (χ1n) is 14.8. The number of halogens is 1. The minimum Gasteiger partial charge on any atom is -0.446 e. The molecule has 3 heterocycles. The van der Waals surface area contributed by atoms with Crippen LogP contribution in [0.1, 0.15) is 37.3 Å². The van der Waals surface area contributed by atoms with Gasteiger partial charge in [-0.3, -0.25) is 9.69 Å². The summed E-state index contributed by atoms with van der Waals surface area (Å²) in [4.78, 5) is 31.0. The Morgan fingerprint density at radius 3 is 2.28 bits per heavy atom. The number of hydrogen-bond acceptors (Lipinski definition) is 7. The van der Waals surface area contributed by atoms with E-state index in [-0.39, 0.29) is 28.7 Å². The number of rotatable bonds is 8. The van der Waals surface area contributed by atoms with Crippen LogP contribution in [0.25, 0.3) is 0 Å². The third-order valence-corrected chi connectivity index (χ3v) is 11.1. The third kappa shape index (κ3) is 7.15. The van der Waals surface area contributed by atoms with Gasteiger partial charge in [0.1, 0.15) is 6.10 Å². The molecule has 2 atom stereocenters. The monoisotopic (exact) mass is 627 g/mol. The van der Waals surface area contributed by atoms with Crippen molar-refractivity contribution in [3.63, 3.8) is 0 Å². The second-order valence-electron chi connectivity index (χ2n) is 11.8. The fraction of sp³-hybridized carbons (Fsp3) is 0.516. The topological polar surface area (TPSA) is 114 Å². The predicted octanol–water partition coefficient (Wildman–Crippen LogP) is 4.12. The van der Waals surface area contributed by atoms with Crippen LogP contribution in [0.4, 0.5) is 10.5 Å². The van der Waals surface area contributed by atoms with Gasteiger partial charge >= 0.3 is 6.09 Å². The summed E-state index contributed by atoms with van der Waals surface area (Å²) in [6.45, 7) is 8.42. The van der Waals surface area contributed by atoms with Crippen LogP contribution in [0.5, 0.6) is 0 Å². The average Bonchev–Trinajstić information content (AvgIpc) is 3.57. The van der Waals surface area contributed by atoms with E-state index in [4.69, 9.17) is 21.6 Å². The maximum absolute atomic E-state index is 13.4. The van der Waals surface area contributed by atoms with Gasteiger partial charge in [-0.2, -0.15) is 9.57 Å². The van der Waals surface area contributed by atoms with Crippen molar-refractivity contribution in [2.24, 2.45) is 11.8 Å². The molecule has 3 saturated heterocycles. The van der Waals surface area contributed by atoms with E-state index in [0.29, 0.717) is 61.8 Å². The Morgan fingerprint density at radius 1 is 1.05 bits per heavy atom. The van der Waals surface area contributed by atoms with Crippen LogP contribution in [-0.2, 0) is 19.6 Å². The lowest BCUT2D eigenvalue weighted by Crippen LogP contribution is -2.43. The Bertz CT molecular complexity index is 1470. The number of fused-ring (bicyclic) bond motifs is 1. The maximum Gasteiger partial charge on any atom is 0.414 e. The number of benzene rings is 2. The highest BCUT2D eigenvalue weighted by Gasteiger charge is 2.44. The minimum absolute atomic E-state index is 0.0346. The molecular formula is C31H38ClN5O5S. The normalized spacial score (nSPS) is 21.4. The highest BCUT2D eigenvalue weighted by Crippen LogP contribution is 2.34. The van der Waals surface area contributed by atoms with Crippen molar-refractivity contribution < 1.29 is 22.7 Å². The Morgan fingerprint density at radius 2 is 1.70 bits per heavy atom. The van der Waals surface area contributed by atoms with Gasteiger partial charge in [0.2, 0.25) is 15.9 Å². The molecule has 0 N–H and O–H groups in total. The van der Waals surface area contributed by atoms with Gasteiger partial charge in [-0.1, -0.05) is 17.7 Å².